The quantitative estimate of drug-likeness (QED) is 0.942. The van der Waals surface area contributed by atoms with E-state index < -0.39 is 12.1 Å². The maximum Gasteiger partial charge on any atom is 0.415 e. The van der Waals surface area contributed by atoms with E-state index in [0.29, 0.717) is 12.4 Å². The number of carbonyl (C=O) groups is 2. The first-order valence-electron chi connectivity index (χ1n) is 6.91. The lowest BCUT2D eigenvalue weighted by Crippen LogP contribution is -2.43. The van der Waals surface area contributed by atoms with E-state index in [1.807, 2.05) is 30.3 Å². The van der Waals surface area contributed by atoms with Gasteiger partial charge in [-0.25, -0.2) is 19.9 Å². The number of urea groups is 1. The van der Waals surface area contributed by atoms with Crippen molar-refractivity contribution in [2.75, 3.05) is 11.5 Å². The summed E-state index contributed by atoms with van der Waals surface area (Å²) in [4.78, 5) is 29.3. The summed E-state index contributed by atoms with van der Waals surface area (Å²) in [7, 11) is 0. The highest BCUT2D eigenvalue weighted by Gasteiger charge is 2.19. The number of nitrogens with one attached hydrogen (secondary N) is 1. The van der Waals surface area contributed by atoms with Gasteiger partial charge in [-0.15, -0.1) is 0 Å². The van der Waals surface area contributed by atoms with Crippen molar-refractivity contribution in [3.8, 4) is 0 Å². The van der Waals surface area contributed by atoms with Crippen molar-refractivity contribution in [3.63, 3.8) is 0 Å². The Morgan fingerprint density at radius 2 is 1.86 bits per heavy atom. The number of ether oxygens (including phenoxy) is 1. The summed E-state index contributed by atoms with van der Waals surface area (Å²) >= 11 is 0. The van der Waals surface area contributed by atoms with Crippen molar-refractivity contribution in [2.24, 2.45) is 0 Å². The Labute approximate surface area is 128 Å². The highest BCUT2D eigenvalue weighted by Crippen LogP contribution is 2.14. The van der Waals surface area contributed by atoms with Gasteiger partial charge in [0.25, 0.3) is 0 Å². The lowest BCUT2D eigenvalue weighted by molar-refractivity contribution is 0.153. The third-order valence-corrected chi connectivity index (χ3v) is 2.84. The molecule has 0 unspecified atom stereocenters. The number of hydrogen-bond donors (Lipinski definition) is 1. The summed E-state index contributed by atoms with van der Waals surface area (Å²) < 4.78 is 4.73. The summed E-state index contributed by atoms with van der Waals surface area (Å²) in [5.41, 5.74) is 0.923. The highest BCUT2D eigenvalue weighted by atomic mass is 16.5. The number of rotatable bonds is 4. The fourth-order valence-corrected chi connectivity index (χ4v) is 1.86. The molecule has 1 aromatic carbocycles. The lowest BCUT2D eigenvalue weighted by atomic mass is 10.2. The second-order valence-corrected chi connectivity index (χ2v) is 4.41. The first-order valence-corrected chi connectivity index (χ1v) is 6.91. The standard InChI is InChI=1S/C16H17N3O3/c1-2-22-16(21)18-15(20)19(14-10-6-7-11-17-14)12-13-8-4-3-5-9-13/h3-11H,2,12H2,1H3,(H,18,20,21). The van der Waals surface area contributed by atoms with Crippen molar-refractivity contribution >= 4 is 17.9 Å². The lowest BCUT2D eigenvalue weighted by Gasteiger charge is -2.21. The van der Waals surface area contributed by atoms with Crippen LogP contribution in [0, 0.1) is 0 Å². The molecule has 0 radical (unpaired) electrons. The SMILES string of the molecule is CCOC(=O)NC(=O)N(Cc1ccccc1)c1ccccn1. The van der Waals surface area contributed by atoms with Gasteiger partial charge in [-0.05, 0) is 24.6 Å². The van der Waals surface area contributed by atoms with Crippen molar-refractivity contribution in [2.45, 2.75) is 13.5 Å². The summed E-state index contributed by atoms with van der Waals surface area (Å²) in [5.74, 6) is 0.452. The van der Waals surface area contributed by atoms with Crippen molar-refractivity contribution in [1.29, 1.82) is 0 Å². The van der Waals surface area contributed by atoms with E-state index >= 15 is 0 Å². The molecule has 0 aliphatic carbocycles. The molecule has 0 saturated carbocycles. The van der Waals surface area contributed by atoms with Gasteiger partial charge in [0, 0.05) is 6.20 Å². The Hall–Kier alpha value is -2.89. The van der Waals surface area contributed by atoms with E-state index in [4.69, 9.17) is 4.74 Å². The summed E-state index contributed by atoms with van der Waals surface area (Å²) in [6, 6.07) is 14.1. The molecule has 2 rings (SSSR count). The van der Waals surface area contributed by atoms with Gasteiger partial charge in [-0.2, -0.15) is 0 Å². The van der Waals surface area contributed by atoms with Crippen LogP contribution in [0.25, 0.3) is 0 Å². The van der Waals surface area contributed by atoms with Crippen LogP contribution in [-0.2, 0) is 11.3 Å². The smallest absolute Gasteiger partial charge is 0.415 e. The molecule has 1 N–H and O–H groups in total. The van der Waals surface area contributed by atoms with Gasteiger partial charge in [-0.1, -0.05) is 36.4 Å². The number of amides is 3. The van der Waals surface area contributed by atoms with Gasteiger partial charge in [0.1, 0.15) is 5.82 Å². The molecule has 6 nitrogen and oxygen atoms in total. The third-order valence-electron chi connectivity index (χ3n) is 2.84. The van der Waals surface area contributed by atoms with E-state index in [2.05, 4.69) is 10.3 Å². The highest BCUT2D eigenvalue weighted by molar-refractivity contribution is 6.00. The molecular weight excluding hydrogens is 282 g/mol. The zero-order chi connectivity index (χ0) is 15.8. The number of imide groups is 1. The van der Waals surface area contributed by atoms with E-state index in [1.165, 1.54) is 4.90 Å². The minimum atomic E-state index is -0.776. The zero-order valence-corrected chi connectivity index (χ0v) is 12.2. The van der Waals surface area contributed by atoms with E-state index in [1.54, 1.807) is 31.3 Å². The van der Waals surface area contributed by atoms with E-state index in [9.17, 15) is 9.59 Å². The van der Waals surface area contributed by atoms with Crippen LogP contribution in [-0.4, -0.2) is 23.7 Å². The van der Waals surface area contributed by atoms with Gasteiger partial charge < -0.3 is 4.74 Å². The van der Waals surface area contributed by atoms with Gasteiger partial charge in [0.05, 0.1) is 13.2 Å². The monoisotopic (exact) mass is 299 g/mol. The number of alkyl carbamates (subject to hydrolysis) is 1. The molecule has 0 saturated heterocycles. The second-order valence-electron chi connectivity index (χ2n) is 4.41. The molecule has 22 heavy (non-hydrogen) atoms. The molecule has 0 fully saturated rings. The number of aromatic nitrogens is 1. The van der Waals surface area contributed by atoms with Gasteiger partial charge in [0.15, 0.2) is 0 Å². The van der Waals surface area contributed by atoms with Crippen LogP contribution < -0.4 is 10.2 Å². The molecule has 2 aromatic rings. The fraction of sp³-hybridized carbons (Fsp3) is 0.188. The zero-order valence-electron chi connectivity index (χ0n) is 12.2. The predicted molar refractivity (Wildman–Crippen MR) is 82.4 cm³/mol. The fourth-order valence-electron chi connectivity index (χ4n) is 1.86. The molecule has 0 aliphatic rings. The predicted octanol–water partition coefficient (Wildman–Crippen LogP) is 2.95. The molecule has 0 aliphatic heterocycles. The molecule has 1 aromatic heterocycles. The maximum atomic E-state index is 12.3. The first-order chi connectivity index (χ1) is 10.7. The molecule has 1 heterocycles. The van der Waals surface area contributed by atoms with Crippen LogP contribution in [0.15, 0.2) is 54.7 Å². The number of benzene rings is 1. The molecule has 0 bridgehead atoms. The van der Waals surface area contributed by atoms with Gasteiger partial charge >= 0.3 is 12.1 Å². The summed E-state index contributed by atoms with van der Waals surface area (Å²) in [6.07, 6.45) is 0.812. The largest absolute Gasteiger partial charge is 0.450 e. The molecule has 3 amide bonds. The molecule has 114 valence electrons. The Balaban J connectivity index is 2.18. The number of hydrogen-bond acceptors (Lipinski definition) is 4. The van der Waals surface area contributed by atoms with E-state index in [-0.39, 0.29) is 6.61 Å². The van der Waals surface area contributed by atoms with E-state index in [0.717, 1.165) is 5.56 Å². The molecule has 0 atom stereocenters. The van der Waals surface area contributed by atoms with Crippen LogP contribution >= 0.6 is 0 Å². The maximum absolute atomic E-state index is 12.3. The number of pyridine rings is 1. The van der Waals surface area contributed by atoms with Crippen LogP contribution in [0.4, 0.5) is 15.4 Å². The molecular formula is C16H17N3O3. The Kier molecular flexibility index (Phi) is 5.48. The van der Waals surface area contributed by atoms with Gasteiger partial charge in [-0.3, -0.25) is 4.90 Å². The van der Waals surface area contributed by atoms with Crippen molar-refractivity contribution in [1.82, 2.24) is 10.3 Å². The van der Waals surface area contributed by atoms with Crippen LogP contribution in [0.2, 0.25) is 0 Å². The molecule has 6 heteroatoms. The first kappa shape index (κ1) is 15.5. The number of anilines is 1. The normalized spacial score (nSPS) is 9.86. The number of nitrogens with zero attached hydrogens (tertiary/aromatic N) is 2. The average Bonchev–Trinajstić information content (AvgIpc) is 2.54. The van der Waals surface area contributed by atoms with Gasteiger partial charge in [0.2, 0.25) is 0 Å². The Morgan fingerprint density at radius 3 is 2.50 bits per heavy atom. The average molecular weight is 299 g/mol. The third kappa shape index (κ3) is 4.31. The molecule has 0 spiro atoms. The summed E-state index contributed by atoms with van der Waals surface area (Å²) in [6.45, 7) is 2.16. The second kappa shape index (κ2) is 7.78. The summed E-state index contributed by atoms with van der Waals surface area (Å²) in [5, 5.41) is 2.19. The minimum Gasteiger partial charge on any atom is -0.450 e. The van der Waals surface area contributed by atoms with Crippen molar-refractivity contribution in [3.05, 3.63) is 60.3 Å². The topological polar surface area (TPSA) is 71.5 Å². The number of carbonyl (C=O) groups excluding carboxylic acids is 2. The Bertz CT molecular complexity index is 617. The van der Waals surface area contributed by atoms with Crippen LogP contribution in [0.1, 0.15) is 12.5 Å². The van der Waals surface area contributed by atoms with Crippen molar-refractivity contribution < 1.29 is 14.3 Å². The van der Waals surface area contributed by atoms with Crippen LogP contribution in [0.5, 0.6) is 0 Å². The van der Waals surface area contributed by atoms with Crippen LogP contribution in [0.3, 0.4) is 0 Å². The Morgan fingerprint density at radius 1 is 1.14 bits per heavy atom. The minimum absolute atomic E-state index is 0.196.